The molecule has 1 atom stereocenters. The number of nitro benzene ring substituents is 1. The predicted molar refractivity (Wildman–Crippen MR) is 79.1 cm³/mol. The van der Waals surface area contributed by atoms with Gasteiger partial charge in [-0.3, -0.25) is 15.0 Å². The maximum atomic E-state index is 11.4. The average molecular weight is 295 g/mol. The van der Waals surface area contributed by atoms with Crippen molar-refractivity contribution in [3.8, 4) is 11.5 Å². The third kappa shape index (κ3) is 3.25. The lowest BCUT2D eigenvalue weighted by molar-refractivity contribution is -0.386. The van der Waals surface area contributed by atoms with Gasteiger partial charge in [0.15, 0.2) is 11.5 Å². The Bertz CT molecular complexity index is 515. The van der Waals surface area contributed by atoms with Gasteiger partial charge < -0.3 is 14.8 Å². The highest BCUT2D eigenvalue weighted by Gasteiger charge is 2.27. The smallest absolute Gasteiger partial charge is 0.278 e. The molecule has 1 aromatic rings. The van der Waals surface area contributed by atoms with Crippen LogP contribution in [0, 0.1) is 10.1 Å². The Hall–Kier alpha value is -1.86. The second-order valence-electron chi connectivity index (χ2n) is 4.99. The van der Waals surface area contributed by atoms with Crippen molar-refractivity contribution in [1.82, 2.24) is 10.2 Å². The molecule has 0 spiro atoms. The first-order valence-corrected chi connectivity index (χ1v) is 6.93. The van der Waals surface area contributed by atoms with Crippen LogP contribution in [0.25, 0.3) is 0 Å². The molecule has 0 saturated carbocycles. The van der Waals surface area contributed by atoms with Gasteiger partial charge in [0.1, 0.15) is 0 Å². The van der Waals surface area contributed by atoms with E-state index in [0.717, 1.165) is 26.2 Å². The third-order valence-corrected chi connectivity index (χ3v) is 3.88. The van der Waals surface area contributed by atoms with E-state index < -0.39 is 0 Å². The van der Waals surface area contributed by atoms with Gasteiger partial charge in [0, 0.05) is 32.2 Å². The summed E-state index contributed by atoms with van der Waals surface area (Å²) in [4.78, 5) is 13.2. The molecule has 0 bridgehead atoms. The predicted octanol–water partition coefficient (Wildman–Crippen LogP) is 1.58. The van der Waals surface area contributed by atoms with E-state index in [2.05, 4.69) is 10.2 Å². The van der Waals surface area contributed by atoms with E-state index in [1.165, 1.54) is 20.3 Å². The Kier molecular flexibility index (Phi) is 4.98. The van der Waals surface area contributed by atoms with Crippen molar-refractivity contribution >= 4 is 5.69 Å². The second-order valence-corrected chi connectivity index (χ2v) is 4.99. The monoisotopic (exact) mass is 295 g/mol. The van der Waals surface area contributed by atoms with E-state index >= 15 is 0 Å². The number of benzene rings is 1. The highest BCUT2D eigenvalue weighted by Crippen LogP contribution is 2.38. The zero-order valence-corrected chi connectivity index (χ0v) is 12.6. The lowest BCUT2D eigenvalue weighted by atomic mass is 10.0. The fourth-order valence-corrected chi connectivity index (χ4v) is 2.64. The summed E-state index contributed by atoms with van der Waals surface area (Å²) in [6, 6.07) is 3.10. The number of hydrogen-bond acceptors (Lipinski definition) is 6. The van der Waals surface area contributed by atoms with Gasteiger partial charge in [-0.25, -0.2) is 0 Å². The lowest BCUT2D eigenvalue weighted by Crippen LogP contribution is -2.44. The van der Waals surface area contributed by atoms with Crippen LogP contribution in [0.4, 0.5) is 5.69 Å². The van der Waals surface area contributed by atoms with Crippen molar-refractivity contribution in [3.63, 3.8) is 0 Å². The van der Waals surface area contributed by atoms with Crippen LogP contribution in [-0.4, -0.2) is 50.2 Å². The molecular formula is C14H21N3O4. The molecule has 1 aliphatic heterocycles. The molecule has 1 N–H and O–H groups in total. The standard InChI is InChI=1S/C14H21N3O4/c1-10(16-6-4-15-5-7-16)11-8-13(20-2)14(21-3)9-12(11)17(18)19/h8-10,15H,4-7H2,1-3H3/t10-/m0/s1. The van der Waals surface area contributed by atoms with Gasteiger partial charge in [-0.15, -0.1) is 0 Å². The van der Waals surface area contributed by atoms with E-state index in [0.29, 0.717) is 17.1 Å². The molecule has 7 nitrogen and oxygen atoms in total. The summed E-state index contributed by atoms with van der Waals surface area (Å²) >= 11 is 0. The van der Waals surface area contributed by atoms with E-state index in [1.54, 1.807) is 6.07 Å². The summed E-state index contributed by atoms with van der Waals surface area (Å²) in [5.74, 6) is 0.889. The third-order valence-electron chi connectivity index (χ3n) is 3.88. The molecule has 0 amide bonds. The number of nitrogens with one attached hydrogen (secondary N) is 1. The van der Waals surface area contributed by atoms with E-state index in [9.17, 15) is 10.1 Å². The van der Waals surface area contributed by atoms with E-state index in [1.807, 2.05) is 6.92 Å². The number of rotatable bonds is 5. The van der Waals surface area contributed by atoms with Crippen molar-refractivity contribution in [2.75, 3.05) is 40.4 Å². The second kappa shape index (κ2) is 6.73. The first-order valence-electron chi connectivity index (χ1n) is 6.93. The normalized spacial score (nSPS) is 17.3. The summed E-state index contributed by atoms with van der Waals surface area (Å²) in [6.07, 6.45) is 0. The SMILES string of the molecule is COc1cc([C@H](C)N2CCNCC2)c([N+](=O)[O-])cc1OC. The molecule has 0 radical (unpaired) electrons. The minimum absolute atomic E-state index is 0.0488. The summed E-state index contributed by atoms with van der Waals surface area (Å²) in [7, 11) is 3.00. The number of ether oxygens (including phenoxy) is 2. The van der Waals surface area contributed by atoms with Gasteiger partial charge in [-0.2, -0.15) is 0 Å². The molecule has 1 heterocycles. The van der Waals surface area contributed by atoms with Crippen molar-refractivity contribution in [2.45, 2.75) is 13.0 Å². The molecule has 0 unspecified atom stereocenters. The van der Waals surface area contributed by atoms with Gasteiger partial charge >= 0.3 is 0 Å². The maximum absolute atomic E-state index is 11.4. The van der Waals surface area contributed by atoms with Crippen molar-refractivity contribution in [3.05, 3.63) is 27.8 Å². The molecule has 0 aromatic heterocycles. The van der Waals surface area contributed by atoms with Gasteiger partial charge in [-0.1, -0.05) is 0 Å². The number of piperazine rings is 1. The first kappa shape index (κ1) is 15.5. The van der Waals surface area contributed by atoms with Crippen LogP contribution in [0.1, 0.15) is 18.5 Å². The quantitative estimate of drug-likeness (QED) is 0.656. The molecule has 2 rings (SSSR count). The van der Waals surface area contributed by atoms with Gasteiger partial charge in [0.2, 0.25) is 0 Å². The zero-order chi connectivity index (χ0) is 15.4. The molecule has 7 heteroatoms. The molecular weight excluding hydrogens is 274 g/mol. The van der Waals surface area contributed by atoms with Crippen LogP contribution >= 0.6 is 0 Å². The van der Waals surface area contributed by atoms with Crippen LogP contribution < -0.4 is 14.8 Å². The molecule has 1 aliphatic rings. The largest absolute Gasteiger partial charge is 0.493 e. The number of methoxy groups -OCH3 is 2. The summed E-state index contributed by atoms with van der Waals surface area (Å²) < 4.78 is 10.4. The van der Waals surface area contributed by atoms with Crippen molar-refractivity contribution in [2.24, 2.45) is 0 Å². The summed E-state index contributed by atoms with van der Waals surface area (Å²) in [5, 5.41) is 14.6. The van der Waals surface area contributed by atoms with Gasteiger partial charge in [0.05, 0.1) is 30.8 Å². The average Bonchev–Trinajstić information content (AvgIpc) is 2.53. The fraction of sp³-hybridized carbons (Fsp3) is 0.571. The Morgan fingerprint density at radius 1 is 1.24 bits per heavy atom. The maximum Gasteiger partial charge on any atom is 0.278 e. The lowest BCUT2D eigenvalue weighted by Gasteiger charge is -2.33. The Balaban J connectivity index is 2.41. The van der Waals surface area contributed by atoms with Crippen LogP contribution in [0.2, 0.25) is 0 Å². The van der Waals surface area contributed by atoms with E-state index in [4.69, 9.17) is 9.47 Å². The van der Waals surface area contributed by atoms with Crippen molar-refractivity contribution in [1.29, 1.82) is 0 Å². The molecule has 1 aromatic carbocycles. The minimum atomic E-state index is -0.365. The fourth-order valence-electron chi connectivity index (χ4n) is 2.64. The summed E-state index contributed by atoms with van der Waals surface area (Å²) in [6.45, 7) is 5.51. The highest BCUT2D eigenvalue weighted by molar-refractivity contribution is 5.55. The molecule has 116 valence electrons. The Morgan fingerprint density at radius 3 is 2.33 bits per heavy atom. The zero-order valence-electron chi connectivity index (χ0n) is 12.6. The van der Waals surface area contributed by atoms with Crippen molar-refractivity contribution < 1.29 is 14.4 Å². The Labute approximate surface area is 124 Å². The molecule has 1 saturated heterocycles. The topological polar surface area (TPSA) is 76.9 Å². The van der Waals surface area contributed by atoms with Gasteiger partial charge in [-0.05, 0) is 13.0 Å². The Morgan fingerprint density at radius 2 is 1.81 bits per heavy atom. The minimum Gasteiger partial charge on any atom is -0.493 e. The number of nitrogens with zero attached hydrogens (tertiary/aromatic N) is 2. The number of nitro groups is 1. The first-order chi connectivity index (χ1) is 10.1. The molecule has 21 heavy (non-hydrogen) atoms. The highest BCUT2D eigenvalue weighted by atomic mass is 16.6. The van der Waals surface area contributed by atoms with Gasteiger partial charge in [0.25, 0.3) is 5.69 Å². The number of hydrogen-bond donors (Lipinski definition) is 1. The van der Waals surface area contributed by atoms with Crippen LogP contribution in [0.3, 0.4) is 0 Å². The molecule has 0 aliphatic carbocycles. The van der Waals surface area contributed by atoms with Crippen LogP contribution in [-0.2, 0) is 0 Å². The van der Waals surface area contributed by atoms with Crippen LogP contribution in [0.5, 0.6) is 11.5 Å². The van der Waals surface area contributed by atoms with Crippen LogP contribution in [0.15, 0.2) is 12.1 Å². The summed E-state index contributed by atoms with van der Waals surface area (Å²) in [5.41, 5.74) is 0.721. The molecule has 1 fully saturated rings. The van der Waals surface area contributed by atoms with E-state index in [-0.39, 0.29) is 16.7 Å².